The van der Waals surface area contributed by atoms with E-state index in [9.17, 15) is 0 Å². The SMILES string of the molecule is CCCCOC(=S)NNC(N)=S. The summed E-state index contributed by atoms with van der Waals surface area (Å²) < 4.78 is 5.08. The molecule has 0 aromatic carbocycles. The monoisotopic (exact) mass is 207 g/mol. The van der Waals surface area contributed by atoms with E-state index < -0.39 is 0 Å². The zero-order valence-corrected chi connectivity index (χ0v) is 8.56. The van der Waals surface area contributed by atoms with Gasteiger partial charge in [0.05, 0.1) is 6.61 Å². The summed E-state index contributed by atoms with van der Waals surface area (Å²) in [6.07, 6.45) is 2.06. The van der Waals surface area contributed by atoms with Crippen molar-refractivity contribution in [2.24, 2.45) is 5.73 Å². The molecule has 0 radical (unpaired) electrons. The van der Waals surface area contributed by atoms with E-state index in [0.717, 1.165) is 12.8 Å². The standard InChI is InChI=1S/C6H13N3OS2/c1-2-3-4-10-6(12)9-8-5(7)11/h2-4H2,1H3,(H,9,12)(H3,7,8,11). The van der Waals surface area contributed by atoms with Gasteiger partial charge in [0.2, 0.25) is 0 Å². The second kappa shape index (κ2) is 7.05. The Hall–Kier alpha value is -0.620. The van der Waals surface area contributed by atoms with Crippen LogP contribution in [-0.2, 0) is 4.74 Å². The number of ether oxygens (including phenoxy) is 1. The van der Waals surface area contributed by atoms with Crippen LogP contribution in [0.3, 0.4) is 0 Å². The van der Waals surface area contributed by atoms with Crippen LogP contribution in [0.25, 0.3) is 0 Å². The maximum absolute atomic E-state index is 5.14. The minimum Gasteiger partial charge on any atom is -0.470 e. The number of hydrazine groups is 1. The van der Waals surface area contributed by atoms with Gasteiger partial charge >= 0.3 is 0 Å². The Morgan fingerprint density at radius 3 is 2.58 bits per heavy atom. The molecule has 0 atom stereocenters. The Bertz CT molecular complexity index is 163. The molecule has 0 aromatic heterocycles. The van der Waals surface area contributed by atoms with E-state index in [4.69, 9.17) is 22.7 Å². The van der Waals surface area contributed by atoms with E-state index >= 15 is 0 Å². The second-order valence-corrected chi connectivity index (χ2v) is 2.91. The quantitative estimate of drug-likeness (QED) is 0.354. The number of hydrogen-bond acceptors (Lipinski definition) is 3. The summed E-state index contributed by atoms with van der Waals surface area (Å²) in [5.74, 6) is 0. The molecule has 0 rings (SSSR count). The normalized spacial score (nSPS) is 8.75. The van der Waals surface area contributed by atoms with Crippen molar-refractivity contribution in [3.63, 3.8) is 0 Å². The fraction of sp³-hybridized carbons (Fsp3) is 0.667. The lowest BCUT2D eigenvalue weighted by Crippen LogP contribution is -2.44. The smallest absolute Gasteiger partial charge is 0.275 e. The predicted molar refractivity (Wildman–Crippen MR) is 56.5 cm³/mol. The first-order chi connectivity index (χ1) is 5.66. The number of unbranched alkanes of at least 4 members (excludes halogenated alkanes) is 1. The largest absolute Gasteiger partial charge is 0.470 e. The molecule has 0 unspecified atom stereocenters. The summed E-state index contributed by atoms with van der Waals surface area (Å²) in [6, 6.07) is 0. The lowest BCUT2D eigenvalue weighted by molar-refractivity contribution is 0.289. The number of thiocarbonyl (C=S) groups is 2. The molecular formula is C6H13N3OS2. The zero-order chi connectivity index (χ0) is 9.40. The first-order valence-corrected chi connectivity index (χ1v) is 4.46. The number of hydrogen-bond donors (Lipinski definition) is 3. The number of rotatable bonds is 3. The van der Waals surface area contributed by atoms with Crippen LogP contribution < -0.4 is 16.6 Å². The van der Waals surface area contributed by atoms with Crippen LogP contribution in [0.2, 0.25) is 0 Å². The molecule has 0 aliphatic carbocycles. The van der Waals surface area contributed by atoms with Gasteiger partial charge in [-0.15, -0.1) is 0 Å². The van der Waals surface area contributed by atoms with Gasteiger partial charge in [-0.05, 0) is 30.9 Å². The van der Waals surface area contributed by atoms with Crippen LogP contribution in [0.1, 0.15) is 19.8 Å². The first kappa shape index (κ1) is 11.4. The van der Waals surface area contributed by atoms with Gasteiger partial charge in [0.15, 0.2) is 5.11 Å². The van der Waals surface area contributed by atoms with Gasteiger partial charge in [-0.1, -0.05) is 13.3 Å². The Balaban J connectivity index is 3.28. The topological polar surface area (TPSA) is 59.3 Å². The summed E-state index contributed by atoms with van der Waals surface area (Å²) in [4.78, 5) is 0. The Labute approximate surface area is 82.8 Å². The third-order valence-electron chi connectivity index (χ3n) is 1.02. The summed E-state index contributed by atoms with van der Waals surface area (Å²) >= 11 is 9.31. The van der Waals surface area contributed by atoms with Gasteiger partial charge < -0.3 is 10.5 Å². The van der Waals surface area contributed by atoms with Gasteiger partial charge in [0.1, 0.15) is 0 Å². The van der Waals surface area contributed by atoms with Gasteiger partial charge in [-0.2, -0.15) is 0 Å². The van der Waals surface area contributed by atoms with Crippen LogP contribution in [0.5, 0.6) is 0 Å². The van der Waals surface area contributed by atoms with Crippen molar-refractivity contribution in [2.45, 2.75) is 19.8 Å². The summed E-state index contributed by atoms with van der Waals surface area (Å²) in [6.45, 7) is 2.69. The minimum atomic E-state index is 0.136. The van der Waals surface area contributed by atoms with Crippen LogP contribution >= 0.6 is 24.4 Å². The van der Waals surface area contributed by atoms with Crippen molar-refractivity contribution in [3.8, 4) is 0 Å². The maximum atomic E-state index is 5.14. The van der Waals surface area contributed by atoms with Crippen molar-refractivity contribution in [3.05, 3.63) is 0 Å². The molecule has 0 bridgehead atoms. The fourth-order valence-electron chi connectivity index (χ4n) is 0.458. The van der Waals surface area contributed by atoms with E-state index in [0.29, 0.717) is 6.61 Å². The van der Waals surface area contributed by atoms with Crippen molar-refractivity contribution in [2.75, 3.05) is 6.61 Å². The second-order valence-electron chi connectivity index (χ2n) is 2.10. The van der Waals surface area contributed by atoms with E-state index in [-0.39, 0.29) is 10.3 Å². The molecule has 0 spiro atoms. The van der Waals surface area contributed by atoms with Crippen molar-refractivity contribution in [1.82, 2.24) is 10.9 Å². The minimum absolute atomic E-state index is 0.136. The molecule has 0 saturated carbocycles. The fourth-order valence-corrected chi connectivity index (χ4v) is 0.643. The summed E-state index contributed by atoms with van der Waals surface area (Å²) in [7, 11) is 0. The van der Waals surface area contributed by atoms with Crippen molar-refractivity contribution in [1.29, 1.82) is 0 Å². The highest BCUT2D eigenvalue weighted by Crippen LogP contribution is 1.87. The van der Waals surface area contributed by atoms with E-state index in [2.05, 4.69) is 30.0 Å². The van der Waals surface area contributed by atoms with Crippen molar-refractivity contribution >= 4 is 34.7 Å². The Kier molecular flexibility index (Phi) is 6.69. The van der Waals surface area contributed by atoms with Gasteiger partial charge in [-0.25, -0.2) is 0 Å². The predicted octanol–water partition coefficient (Wildman–Crippen LogP) is 0.426. The van der Waals surface area contributed by atoms with E-state index in [1.54, 1.807) is 0 Å². The zero-order valence-electron chi connectivity index (χ0n) is 6.92. The van der Waals surface area contributed by atoms with E-state index in [1.807, 2.05) is 0 Å². The average molecular weight is 207 g/mol. The first-order valence-electron chi connectivity index (χ1n) is 3.65. The molecule has 0 aliphatic rings. The van der Waals surface area contributed by atoms with Gasteiger partial charge in [0.25, 0.3) is 5.17 Å². The molecule has 0 amide bonds. The highest BCUT2D eigenvalue weighted by Gasteiger charge is 1.94. The molecule has 0 heterocycles. The molecule has 70 valence electrons. The van der Waals surface area contributed by atoms with Crippen LogP contribution in [0.4, 0.5) is 0 Å². The number of nitrogens with one attached hydrogen (secondary N) is 2. The number of nitrogens with two attached hydrogens (primary N) is 1. The third kappa shape index (κ3) is 7.49. The molecule has 0 saturated heterocycles. The van der Waals surface area contributed by atoms with Crippen LogP contribution in [0, 0.1) is 0 Å². The molecular weight excluding hydrogens is 194 g/mol. The Morgan fingerprint density at radius 2 is 2.08 bits per heavy atom. The third-order valence-corrected chi connectivity index (χ3v) is 1.34. The highest BCUT2D eigenvalue weighted by molar-refractivity contribution is 7.80. The van der Waals surface area contributed by atoms with E-state index in [1.165, 1.54) is 0 Å². The van der Waals surface area contributed by atoms with Crippen LogP contribution in [0.15, 0.2) is 0 Å². The lowest BCUT2D eigenvalue weighted by Gasteiger charge is -2.09. The van der Waals surface area contributed by atoms with Gasteiger partial charge in [-0.3, -0.25) is 10.9 Å². The van der Waals surface area contributed by atoms with Crippen molar-refractivity contribution < 1.29 is 4.74 Å². The summed E-state index contributed by atoms with van der Waals surface area (Å²) in [5.41, 5.74) is 10.1. The molecule has 0 fully saturated rings. The molecule has 4 nitrogen and oxygen atoms in total. The van der Waals surface area contributed by atoms with Crippen LogP contribution in [-0.4, -0.2) is 16.9 Å². The molecule has 4 N–H and O–H groups in total. The van der Waals surface area contributed by atoms with Gasteiger partial charge in [0, 0.05) is 0 Å². The summed E-state index contributed by atoms with van der Waals surface area (Å²) in [5, 5.41) is 0.396. The Morgan fingerprint density at radius 1 is 1.42 bits per heavy atom. The average Bonchev–Trinajstić information content (AvgIpc) is 2.01. The maximum Gasteiger partial charge on any atom is 0.275 e. The molecule has 6 heteroatoms. The molecule has 0 aromatic rings. The highest BCUT2D eigenvalue weighted by atomic mass is 32.1. The molecule has 0 aliphatic heterocycles. The lowest BCUT2D eigenvalue weighted by atomic mass is 10.4. The molecule has 12 heavy (non-hydrogen) atoms.